The van der Waals surface area contributed by atoms with Crippen molar-refractivity contribution in [2.75, 3.05) is 12.8 Å². The zero-order valence-corrected chi connectivity index (χ0v) is 10.8. The number of nitrogen functional groups attached to an aromatic ring is 1. The second kappa shape index (κ2) is 5.78. The van der Waals surface area contributed by atoms with Crippen molar-refractivity contribution in [1.29, 1.82) is 0 Å². The molecule has 0 bridgehead atoms. The molecule has 0 atom stereocenters. The van der Waals surface area contributed by atoms with Gasteiger partial charge in [-0.2, -0.15) is 0 Å². The van der Waals surface area contributed by atoms with Crippen molar-refractivity contribution >= 4 is 17.4 Å². The van der Waals surface area contributed by atoms with Gasteiger partial charge in [0.25, 0.3) is 0 Å². The van der Waals surface area contributed by atoms with Crippen molar-refractivity contribution < 1.29 is 9.13 Å². The van der Waals surface area contributed by atoms with Crippen molar-refractivity contribution in [2.45, 2.75) is 10.6 Å². The average molecular weight is 263 g/mol. The molecule has 0 spiro atoms. The Balaban J connectivity index is 2.14. The van der Waals surface area contributed by atoms with Crippen LogP contribution in [-0.2, 0) is 5.75 Å². The van der Waals surface area contributed by atoms with E-state index in [1.807, 2.05) is 24.3 Å². The molecular formula is C14H14FNOS. The van der Waals surface area contributed by atoms with E-state index in [1.54, 1.807) is 25.3 Å². The van der Waals surface area contributed by atoms with Gasteiger partial charge in [-0.1, -0.05) is 24.3 Å². The minimum absolute atomic E-state index is 0.188. The van der Waals surface area contributed by atoms with Crippen LogP contribution in [0.5, 0.6) is 5.75 Å². The van der Waals surface area contributed by atoms with Gasteiger partial charge >= 0.3 is 0 Å². The summed E-state index contributed by atoms with van der Waals surface area (Å²) >= 11 is 1.53. The van der Waals surface area contributed by atoms with Crippen molar-refractivity contribution in [3.8, 4) is 5.75 Å². The molecule has 0 unspecified atom stereocenters. The van der Waals surface area contributed by atoms with Gasteiger partial charge in [0, 0.05) is 16.2 Å². The van der Waals surface area contributed by atoms with E-state index in [-0.39, 0.29) is 11.5 Å². The molecule has 0 saturated carbocycles. The number of halogens is 1. The van der Waals surface area contributed by atoms with Gasteiger partial charge in [-0.25, -0.2) is 4.39 Å². The number of rotatable bonds is 4. The number of ether oxygens (including phenoxy) is 1. The Hall–Kier alpha value is -1.68. The molecule has 2 N–H and O–H groups in total. The number of benzene rings is 2. The third-order valence-electron chi connectivity index (χ3n) is 2.56. The third kappa shape index (κ3) is 2.76. The Labute approximate surface area is 110 Å². The lowest BCUT2D eigenvalue weighted by Crippen LogP contribution is -1.95. The van der Waals surface area contributed by atoms with E-state index in [0.29, 0.717) is 11.3 Å². The molecule has 2 aromatic carbocycles. The molecule has 0 heterocycles. The summed E-state index contributed by atoms with van der Waals surface area (Å²) in [5.74, 6) is 0.990. The van der Waals surface area contributed by atoms with Crippen molar-refractivity contribution in [3.63, 3.8) is 0 Å². The highest BCUT2D eigenvalue weighted by molar-refractivity contribution is 7.98. The highest BCUT2D eigenvalue weighted by Crippen LogP contribution is 2.32. The maximum Gasteiger partial charge on any atom is 0.150 e. The molecular weight excluding hydrogens is 249 g/mol. The number of thioether (sulfide) groups is 1. The Morgan fingerprint density at radius 1 is 1.17 bits per heavy atom. The maximum atomic E-state index is 13.7. The fourth-order valence-corrected chi connectivity index (χ4v) is 2.61. The standard InChI is InChI=1S/C14H14FNOS/c1-17-12-7-2-3-8-13(12)18-9-10-5-4-6-11(16)14(10)15/h2-8H,9,16H2,1H3. The third-order valence-corrected chi connectivity index (χ3v) is 3.66. The highest BCUT2D eigenvalue weighted by atomic mass is 32.2. The van der Waals surface area contributed by atoms with Gasteiger partial charge in [0.05, 0.1) is 12.8 Å². The zero-order chi connectivity index (χ0) is 13.0. The summed E-state index contributed by atoms with van der Waals surface area (Å²) in [6.45, 7) is 0. The molecule has 18 heavy (non-hydrogen) atoms. The van der Waals surface area contributed by atoms with Crippen LogP contribution < -0.4 is 10.5 Å². The molecule has 2 aromatic rings. The summed E-state index contributed by atoms with van der Waals surface area (Å²) in [5.41, 5.74) is 6.33. The molecule has 94 valence electrons. The molecule has 0 aliphatic rings. The van der Waals surface area contributed by atoms with Gasteiger partial charge in [-0.05, 0) is 18.2 Å². The Kier molecular flexibility index (Phi) is 4.10. The summed E-state index contributed by atoms with van der Waals surface area (Å²) in [6, 6.07) is 12.7. The van der Waals surface area contributed by atoms with Crippen LogP contribution in [0.1, 0.15) is 5.56 Å². The molecule has 0 fully saturated rings. The largest absolute Gasteiger partial charge is 0.496 e. The number of hydrogen-bond acceptors (Lipinski definition) is 3. The van der Waals surface area contributed by atoms with E-state index < -0.39 is 0 Å². The van der Waals surface area contributed by atoms with Crippen LogP contribution >= 0.6 is 11.8 Å². The predicted octanol–water partition coefficient (Wildman–Crippen LogP) is 3.71. The van der Waals surface area contributed by atoms with Gasteiger partial charge in [-0.15, -0.1) is 11.8 Å². The van der Waals surface area contributed by atoms with E-state index in [2.05, 4.69) is 0 Å². The number of anilines is 1. The zero-order valence-electron chi connectivity index (χ0n) is 10.0. The Bertz CT molecular complexity index is 545. The fourth-order valence-electron chi connectivity index (χ4n) is 1.60. The van der Waals surface area contributed by atoms with Crippen LogP contribution in [0.3, 0.4) is 0 Å². The predicted molar refractivity (Wildman–Crippen MR) is 73.4 cm³/mol. The number of nitrogens with two attached hydrogens (primary N) is 1. The van der Waals surface area contributed by atoms with Gasteiger partial charge in [-0.3, -0.25) is 0 Å². The van der Waals surface area contributed by atoms with E-state index in [0.717, 1.165) is 10.6 Å². The van der Waals surface area contributed by atoms with Crippen LogP contribution in [0, 0.1) is 5.82 Å². The first kappa shape index (κ1) is 12.8. The monoisotopic (exact) mass is 263 g/mol. The second-order valence-electron chi connectivity index (χ2n) is 3.76. The van der Waals surface area contributed by atoms with Crippen LogP contribution in [0.4, 0.5) is 10.1 Å². The molecule has 0 aliphatic carbocycles. The van der Waals surface area contributed by atoms with Gasteiger partial charge in [0.1, 0.15) is 11.6 Å². The first-order valence-corrected chi connectivity index (χ1v) is 6.49. The fraction of sp³-hybridized carbons (Fsp3) is 0.143. The summed E-state index contributed by atoms with van der Waals surface area (Å²) in [7, 11) is 1.63. The lowest BCUT2D eigenvalue weighted by atomic mass is 10.2. The van der Waals surface area contributed by atoms with E-state index in [9.17, 15) is 4.39 Å². The molecule has 2 nitrogen and oxygen atoms in total. The highest BCUT2D eigenvalue weighted by Gasteiger charge is 2.08. The molecule has 2 rings (SSSR count). The Morgan fingerprint density at radius 2 is 1.94 bits per heavy atom. The van der Waals surface area contributed by atoms with Crippen molar-refractivity contribution in [1.82, 2.24) is 0 Å². The molecule has 0 aromatic heterocycles. The molecule has 0 amide bonds. The molecule has 0 aliphatic heterocycles. The first-order valence-electron chi connectivity index (χ1n) is 5.51. The minimum atomic E-state index is -0.333. The van der Waals surface area contributed by atoms with Gasteiger partial charge in [0.15, 0.2) is 0 Å². The van der Waals surface area contributed by atoms with Crippen LogP contribution in [-0.4, -0.2) is 7.11 Å². The normalized spacial score (nSPS) is 10.3. The first-order chi connectivity index (χ1) is 8.72. The van der Waals surface area contributed by atoms with Crippen LogP contribution in [0.2, 0.25) is 0 Å². The van der Waals surface area contributed by atoms with Gasteiger partial charge < -0.3 is 10.5 Å². The van der Waals surface area contributed by atoms with Crippen molar-refractivity contribution in [3.05, 3.63) is 53.8 Å². The lowest BCUT2D eigenvalue weighted by Gasteiger charge is -2.08. The summed E-state index contributed by atoms with van der Waals surface area (Å²) < 4.78 is 19.0. The van der Waals surface area contributed by atoms with E-state index in [1.165, 1.54) is 11.8 Å². The summed E-state index contributed by atoms with van der Waals surface area (Å²) in [5, 5.41) is 0. The maximum absolute atomic E-state index is 13.7. The second-order valence-corrected chi connectivity index (χ2v) is 4.78. The molecule has 0 saturated heterocycles. The van der Waals surface area contributed by atoms with Crippen LogP contribution in [0.15, 0.2) is 47.4 Å². The van der Waals surface area contributed by atoms with E-state index >= 15 is 0 Å². The van der Waals surface area contributed by atoms with Gasteiger partial charge in [0.2, 0.25) is 0 Å². The van der Waals surface area contributed by atoms with E-state index in [4.69, 9.17) is 10.5 Å². The summed E-state index contributed by atoms with van der Waals surface area (Å²) in [6.07, 6.45) is 0. The topological polar surface area (TPSA) is 35.2 Å². The molecule has 4 heteroatoms. The average Bonchev–Trinajstić information content (AvgIpc) is 2.41. The van der Waals surface area contributed by atoms with Crippen molar-refractivity contribution in [2.24, 2.45) is 0 Å². The molecule has 0 radical (unpaired) electrons. The van der Waals surface area contributed by atoms with Crippen LogP contribution in [0.25, 0.3) is 0 Å². The lowest BCUT2D eigenvalue weighted by molar-refractivity contribution is 0.405. The SMILES string of the molecule is COc1ccccc1SCc1cccc(N)c1F. The summed E-state index contributed by atoms with van der Waals surface area (Å²) in [4.78, 5) is 0.988. The smallest absolute Gasteiger partial charge is 0.150 e. The quantitative estimate of drug-likeness (QED) is 0.674. The number of hydrogen-bond donors (Lipinski definition) is 1. The Morgan fingerprint density at radius 3 is 2.72 bits per heavy atom. The number of methoxy groups -OCH3 is 1. The number of para-hydroxylation sites is 1. The minimum Gasteiger partial charge on any atom is -0.496 e.